The van der Waals surface area contributed by atoms with Gasteiger partial charge >= 0.3 is 40.4 Å². The fraction of sp³-hybridized carbons (Fsp3) is 0. The van der Waals surface area contributed by atoms with Gasteiger partial charge in [0.1, 0.15) is 0 Å². The van der Waals surface area contributed by atoms with E-state index in [0.717, 1.165) is 0 Å². The van der Waals surface area contributed by atoms with Crippen molar-refractivity contribution >= 4 is 40.4 Å². The molecule has 0 aliphatic carbocycles. The predicted octanol–water partition coefficient (Wildman–Crippen LogP) is -9.52. The molecular formula is H2AlF3Mg. The molecule has 28 valence electrons. The van der Waals surface area contributed by atoms with Crippen molar-refractivity contribution in [1.82, 2.24) is 0 Å². The van der Waals surface area contributed by atoms with E-state index < -0.39 is 0 Å². The van der Waals surface area contributed by atoms with Gasteiger partial charge < -0.3 is 17.0 Å². The summed E-state index contributed by atoms with van der Waals surface area (Å²) >= 11 is 0. The molecule has 0 aliphatic rings. The summed E-state index contributed by atoms with van der Waals surface area (Å²) in [6.45, 7) is 0. The van der Waals surface area contributed by atoms with E-state index >= 15 is 0 Å². The molecule has 0 spiro atoms. The molecule has 5 heavy (non-hydrogen) atoms. The largest absolute Gasteiger partial charge is 3.00 e. The average Bonchev–Trinajstić information content (AvgIpc) is 0. The molecule has 0 saturated heterocycles. The van der Waals surface area contributed by atoms with Gasteiger partial charge in [-0.25, -0.2) is 0 Å². The molecule has 0 heterocycles. The fourth-order valence-electron chi connectivity index (χ4n) is 0. The van der Waals surface area contributed by atoms with Crippen molar-refractivity contribution in [1.29, 1.82) is 0 Å². The average molecular weight is 110 g/mol. The van der Waals surface area contributed by atoms with Crippen LogP contribution in [0.4, 0.5) is 0 Å². The van der Waals surface area contributed by atoms with Crippen molar-refractivity contribution in [2.45, 2.75) is 0 Å². The van der Waals surface area contributed by atoms with E-state index in [0.29, 0.717) is 0 Å². The zero-order chi connectivity index (χ0) is 0. The van der Waals surface area contributed by atoms with Crippen LogP contribution >= 0.6 is 0 Å². The quantitative estimate of drug-likeness (QED) is 0.272. The Morgan fingerprint density at radius 1 is 0.800 bits per heavy atom. The molecule has 0 radical (unpaired) electrons. The zero-order valence-electron chi connectivity index (χ0n) is 4.42. The van der Waals surface area contributed by atoms with E-state index in [9.17, 15) is 0 Å². The maximum atomic E-state index is 0. The van der Waals surface area contributed by atoms with E-state index in [1.807, 2.05) is 0 Å². The molecule has 0 aromatic rings. The number of rotatable bonds is 0. The van der Waals surface area contributed by atoms with Gasteiger partial charge in [-0.1, -0.05) is 0 Å². The molecule has 0 aliphatic heterocycles. The second kappa shape index (κ2) is 71.8. The van der Waals surface area contributed by atoms with Crippen molar-refractivity contribution in [2.75, 3.05) is 0 Å². The van der Waals surface area contributed by atoms with Gasteiger partial charge in [0.05, 0.1) is 0 Å². The van der Waals surface area contributed by atoms with E-state index in [1.165, 1.54) is 0 Å². The number of hydrogen-bond acceptors (Lipinski definition) is 0. The molecule has 0 rings (SSSR count). The molecule has 0 fully saturated rings. The second-order valence-corrected chi connectivity index (χ2v) is 0. The summed E-state index contributed by atoms with van der Waals surface area (Å²) in [6.07, 6.45) is 0. The Labute approximate surface area is 57.7 Å². The summed E-state index contributed by atoms with van der Waals surface area (Å²) in [5.41, 5.74) is 0. The normalized spacial score (nSPS) is 0. The molecule has 0 amide bonds. The Balaban J connectivity index is 0. The molecule has 0 aromatic heterocycles. The molecule has 0 aromatic carbocycles. The maximum absolute atomic E-state index is 0. The van der Waals surface area contributed by atoms with Crippen LogP contribution < -0.4 is 14.1 Å². The van der Waals surface area contributed by atoms with Gasteiger partial charge in [0, 0.05) is 0 Å². The first-order valence-corrected chi connectivity index (χ1v) is 0. The predicted molar refractivity (Wildman–Crippen MR) is 13.7 cm³/mol. The molecular weight excluding hydrogens is 108 g/mol. The zero-order valence-corrected chi connectivity index (χ0v) is 4.99. The molecule has 0 atom stereocenters. The molecule has 0 N–H and O–H groups in total. The Hall–Kier alpha value is 1.09. The van der Waals surface area contributed by atoms with Gasteiger partial charge in [0.15, 0.2) is 0 Å². The van der Waals surface area contributed by atoms with Crippen LogP contribution in [0.2, 0.25) is 0 Å². The van der Waals surface area contributed by atoms with Crippen LogP contribution in [0.25, 0.3) is 0 Å². The van der Waals surface area contributed by atoms with Crippen molar-refractivity contribution in [3.63, 3.8) is 0 Å². The minimum atomic E-state index is 0. The third-order valence-corrected chi connectivity index (χ3v) is 0. The SMILES string of the molecule is [Al+3].[F-].[F-].[F-].[H-].[H-].[Mg+2]. The minimum absolute atomic E-state index is 0. The number of halogens is 3. The Kier molecular flexibility index (Phi) is 1910. The van der Waals surface area contributed by atoms with E-state index in [2.05, 4.69) is 0 Å². The van der Waals surface area contributed by atoms with Gasteiger partial charge in [-0.05, 0) is 0 Å². The Morgan fingerprint density at radius 2 is 0.800 bits per heavy atom. The van der Waals surface area contributed by atoms with Gasteiger partial charge in [-0.2, -0.15) is 0 Å². The third kappa shape index (κ3) is 41.0. The van der Waals surface area contributed by atoms with Crippen molar-refractivity contribution < 1.29 is 17.0 Å². The summed E-state index contributed by atoms with van der Waals surface area (Å²) in [6, 6.07) is 0. The standard InChI is InChI=1S/Al.3FH.Mg.2H/h;3*1H;;;/q+3;;;;+2;2*-1/p-3. The van der Waals surface area contributed by atoms with Gasteiger partial charge in [0.2, 0.25) is 0 Å². The van der Waals surface area contributed by atoms with Gasteiger partial charge in [0.25, 0.3) is 0 Å². The molecule has 0 nitrogen and oxygen atoms in total. The second-order valence-electron chi connectivity index (χ2n) is 0. The van der Waals surface area contributed by atoms with Crippen LogP contribution in [0.5, 0.6) is 0 Å². The van der Waals surface area contributed by atoms with Crippen LogP contribution in [-0.4, -0.2) is 40.4 Å². The molecule has 5 heteroatoms. The van der Waals surface area contributed by atoms with Crippen LogP contribution in [0.3, 0.4) is 0 Å². The van der Waals surface area contributed by atoms with Gasteiger partial charge in [-0.3, -0.25) is 0 Å². The van der Waals surface area contributed by atoms with Crippen molar-refractivity contribution in [2.24, 2.45) is 0 Å². The first kappa shape index (κ1) is 133. The number of hydrogen-bond donors (Lipinski definition) is 0. The van der Waals surface area contributed by atoms with E-state index in [-0.39, 0.29) is 57.4 Å². The summed E-state index contributed by atoms with van der Waals surface area (Å²) in [7, 11) is 0. The summed E-state index contributed by atoms with van der Waals surface area (Å²) in [4.78, 5) is 0. The first-order chi connectivity index (χ1) is 0. The molecule has 0 bridgehead atoms. The van der Waals surface area contributed by atoms with Gasteiger partial charge in [-0.15, -0.1) is 0 Å². The maximum Gasteiger partial charge on any atom is 3.00 e. The van der Waals surface area contributed by atoms with Crippen LogP contribution in [0, 0.1) is 0 Å². The van der Waals surface area contributed by atoms with E-state index in [1.54, 1.807) is 0 Å². The Bertz CT molecular complexity index is 12.9. The van der Waals surface area contributed by atoms with Crippen LogP contribution in [-0.2, 0) is 0 Å². The Morgan fingerprint density at radius 3 is 0.800 bits per heavy atom. The van der Waals surface area contributed by atoms with Crippen molar-refractivity contribution in [3.05, 3.63) is 0 Å². The van der Waals surface area contributed by atoms with Crippen LogP contribution in [0.1, 0.15) is 2.85 Å². The third-order valence-electron chi connectivity index (χ3n) is 0. The molecule has 0 unspecified atom stereocenters. The summed E-state index contributed by atoms with van der Waals surface area (Å²) in [5, 5.41) is 0. The summed E-state index contributed by atoms with van der Waals surface area (Å²) < 4.78 is 0. The minimum Gasteiger partial charge on any atom is -1.00 e. The first-order valence-electron chi connectivity index (χ1n) is 0. The van der Waals surface area contributed by atoms with E-state index in [4.69, 9.17) is 0 Å². The summed E-state index contributed by atoms with van der Waals surface area (Å²) in [5.74, 6) is 0. The molecule has 0 saturated carbocycles. The monoisotopic (exact) mass is 110 g/mol. The van der Waals surface area contributed by atoms with Crippen molar-refractivity contribution in [3.8, 4) is 0 Å². The topological polar surface area (TPSA) is 0 Å². The van der Waals surface area contributed by atoms with Crippen LogP contribution in [0.15, 0.2) is 0 Å². The fourth-order valence-corrected chi connectivity index (χ4v) is 0. The smallest absolute Gasteiger partial charge is 1.00 e.